The molecule has 0 fully saturated rings. The number of guanidine groups is 1. The van der Waals surface area contributed by atoms with E-state index in [1.807, 2.05) is 55.6 Å². The van der Waals surface area contributed by atoms with E-state index in [1.54, 1.807) is 30.3 Å². The second-order valence-electron chi connectivity index (χ2n) is 6.46. The van der Waals surface area contributed by atoms with Gasteiger partial charge in [-0.25, -0.2) is 9.98 Å². The van der Waals surface area contributed by atoms with Crippen LogP contribution in [0.5, 0.6) is 0 Å². The van der Waals surface area contributed by atoms with E-state index >= 15 is 0 Å². The molecule has 7 nitrogen and oxygen atoms in total. The van der Waals surface area contributed by atoms with E-state index in [-0.39, 0.29) is 5.91 Å². The van der Waals surface area contributed by atoms with Gasteiger partial charge in [-0.15, -0.1) is 11.3 Å². The number of nitrogens with one attached hydrogen (secondary N) is 2. The minimum absolute atomic E-state index is 0.000382. The predicted molar refractivity (Wildman–Crippen MR) is 113 cm³/mol. The molecule has 146 valence electrons. The summed E-state index contributed by atoms with van der Waals surface area (Å²) >= 11 is 1.62. The van der Waals surface area contributed by atoms with Gasteiger partial charge in [0.2, 0.25) is 0 Å². The molecule has 2 rings (SSSR count). The third-order valence-electron chi connectivity index (χ3n) is 3.73. The fraction of sp³-hybridized carbons (Fsp3) is 0.421. The Morgan fingerprint density at radius 3 is 2.41 bits per heavy atom. The van der Waals surface area contributed by atoms with Crippen LogP contribution in [0.1, 0.15) is 28.5 Å². The van der Waals surface area contributed by atoms with Crippen molar-refractivity contribution in [3.63, 3.8) is 0 Å². The molecule has 0 saturated carbocycles. The average molecular weight is 389 g/mol. The molecule has 27 heavy (non-hydrogen) atoms. The van der Waals surface area contributed by atoms with Gasteiger partial charge in [-0.3, -0.25) is 4.79 Å². The molecule has 0 unspecified atom stereocenters. The van der Waals surface area contributed by atoms with Gasteiger partial charge in [-0.1, -0.05) is 12.1 Å². The zero-order chi connectivity index (χ0) is 19.8. The molecule has 2 N–H and O–H groups in total. The van der Waals surface area contributed by atoms with Crippen molar-refractivity contribution in [3.05, 3.63) is 46.5 Å². The lowest BCUT2D eigenvalue weighted by molar-refractivity contribution is 0.0827. The molecule has 1 heterocycles. The van der Waals surface area contributed by atoms with Crippen LogP contribution in [0.2, 0.25) is 0 Å². The zero-order valence-corrected chi connectivity index (χ0v) is 17.4. The normalized spacial score (nSPS) is 11.2. The number of nitrogens with zero attached hydrogens (tertiary/aromatic N) is 4. The van der Waals surface area contributed by atoms with Gasteiger partial charge in [0.1, 0.15) is 0 Å². The third kappa shape index (κ3) is 6.25. The van der Waals surface area contributed by atoms with Crippen molar-refractivity contribution in [2.24, 2.45) is 4.99 Å². The molecule has 0 radical (unpaired) electrons. The summed E-state index contributed by atoms with van der Waals surface area (Å²) in [6.07, 6.45) is 0. The number of anilines is 1. The van der Waals surface area contributed by atoms with Crippen LogP contribution in [0, 0.1) is 0 Å². The van der Waals surface area contributed by atoms with Gasteiger partial charge >= 0.3 is 0 Å². The molecule has 1 aromatic carbocycles. The van der Waals surface area contributed by atoms with Crippen LogP contribution in [0.4, 0.5) is 5.13 Å². The lowest BCUT2D eigenvalue weighted by Gasteiger charge is -2.11. The number of carbonyl (C=O) groups excluding carboxylic acids is 1. The van der Waals surface area contributed by atoms with E-state index in [9.17, 15) is 4.79 Å². The van der Waals surface area contributed by atoms with Gasteiger partial charge in [0.05, 0.1) is 18.8 Å². The van der Waals surface area contributed by atoms with Crippen molar-refractivity contribution in [3.8, 4) is 0 Å². The minimum Gasteiger partial charge on any atom is -0.357 e. The molecule has 1 aromatic heterocycles. The summed E-state index contributed by atoms with van der Waals surface area (Å²) in [6, 6.07) is 7.55. The highest BCUT2D eigenvalue weighted by Crippen LogP contribution is 2.17. The molecule has 0 saturated heterocycles. The molecular weight excluding hydrogens is 360 g/mol. The molecule has 8 heteroatoms. The number of carbonyl (C=O) groups is 1. The molecule has 0 atom stereocenters. The molecule has 0 spiro atoms. The number of aromatic nitrogens is 1. The third-order valence-corrected chi connectivity index (χ3v) is 4.79. The van der Waals surface area contributed by atoms with Gasteiger partial charge in [0.15, 0.2) is 11.1 Å². The number of hydrogen-bond acceptors (Lipinski definition) is 5. The van der Waals surface area contributed by atoms with Crippen LogP contribution in [-0.4, -0.2) is 56.5 Å². The van der Waals surface area contributed by atoms with Crippen molar-refractivity contribution in [1.82, 2.24) is 20.5 Å². The fourth-order valence-corrected chi connectivity index (χ4v) is 3.04. The van der Waals surface area contributed by atoms with Gasteiger partial charge in [0.25, 0.3) is 5.91 Å². The maximum atomic E-state index is 11.9. The summed E-state index contributed by atoms with van der Waals surface area (Å²) in [7, 11) is 7.47. The Labute approximate surface area is 165 Å². The van der Waals surface area contributed by atoms with Gasteiger partial charge in [-0.05, 0) is 24.6 Å². The molecule has 1 amide bonds. The first-order valence-electron chi connectivity index (χ1n) is 8.85. The maximum Gasteiger partial charge on any atom is 0.253 e. The molecular formula is C19H28N6OS. The Morgan fingerprint density at radius 1 is 1.15 bits per heavy atom. The molecule has 0 aliphatic carbocycles. The van der Waals surface area contributed by atoms with Crippen LogP contribution in [0.15, 0.2) is 34.6 Å². The monoisotopic (exact) mass is 388 g/mol. The summed E-state index contributed by atoms with van der Waals surface area (Å²) in [5.74, 6) is 0.741. The van der Waals surface area contributed by atoms with Crippen molar-refractivity contribution in [1.29, 1.82) is 0 Å². The molecule has 2 aromatic rings. The van der Waals surface area contributed by atoms with Gasteiger partial charge in [-0.2, -0.15) is 0 Å². The Hall–Kier alpha value is -2.61. The van der Waals surface area contributed by atoms with E-state index < -0.39 is 0 Å². The number of aliphatic imine (C=N–C) groups is 1. The number of rotatable bonds is 7. The summed E-state index contributed by atoms with van der Waals surface area (Å²) in [5, 5.41) is 9.58. The summed E-state index contributed by atoms with van der Waals surface area (Å²) in [6.45, 7) is 3.96. The zero-order valence-electron chi connectivity index (χ0n) is 16.6. The van der Waals surface area contributed by atoms with Crippen LogP contribution >= 0.6 is 11.3 Å². The van der Waals surface area contributed by atoms with Crippen molar-refractivity contribution < 1.29 is 4.79 Å². The van der Waals surface area contributed by atoms with E-state index in [1.165, 1.54) is 0 Å². The minimum atomic E-state index is 0.000382. The van der Waals surface area contributed by atoms with E-state index in [4.69, 9.17) is 0 Å². The molecule has 0 aliphatic heterocycles. The van der Waals surface area contributed by atoms with E-state index in [2.05, 4.69) is 20.6 Å². The van der Waals surface area contributed by atoms with Crippen LogP contribution in [0.25, 0.3) is 0 Å². The second-order valence-corrected chi connectivity index (χ2v) is 7.30. The van der Waals surface area contributed by atoms with E-state index in [0.717, 1.165) is 28.9 Å². The Morgan fingerprint density at radius 2 is 1.85 bits per heavy atom. The predicted octanol–water partition coefficient (Wildman–Crippen LogP) is 2.17. The van der Waals surface area contributed by atoms with E-state index in [0.29, 0.717) is 18.7 Å². The lowest BCUT2D eigenvalue weighted by atomic mass is 10.1. The summed E-state index contributed by atoms with van der Waals surface area (Å²) in [5.41, 5.74) is 2.71. The van der Waals surface area contributed by atoms with Gasteiger partial charge < -0.3 is 20.4 Å². The SMILES string of the molecule is CCNC(=NCc1ccc(C(=O)N(C)C)cc1)NCc1csc(N(C)C)n1. The number of amides is 1. The quantitative estimate of drug-likeness (QED) is 0.562. The Kier molecular flexibility index (Phi) is 7.60. The first kappa shape index (κ1) is 20.7. The van der Waals surface area contributed by atoms with Crippen molar-refractivity contribution in [2.45, 2.75) is 20.0 Å². The maximum absolute atomic E-state index is 11.9. The van der Waals surface area contributed by atoms with Crippen LogP contribution < -0.4 is 15.5 Å². The van der Waals surface area contributed by atoms with Crippen LogP contribution in [0.3, 0.4) is 0 Å². The number of hydrogen-bond donors (Lipinski definition) is 2. The number of thiazole rings is 1. The highest BCUT2D eigenvalue weighted by atomic mass is 32.1. The smallest absolute Gasteiger partial charge is 0.253 e. The standard InChI is InChI=1S/C19H28N6OS/c1-6-20-18(22-12-16-13-27-19(23-16)25(4)5)21-11-14-7-9-15(10-8-14)17(26)24(2)3/h7-10,13H,6,11-12H2,1-5H3,(H2,20,21,22). The molecule has 0 aliphatic rings. The molecule has 0 bridgehead atoms. The largest absolute Gasteiger partial charge is 0.357 e. The average Bonchev–Trinajstić information content (AvgIpc) is 3.13. The summed E-state index contributed by atoms with van der Waals surface area (Å²) < 4.78 is 0. The summed E-state index contributed by atoms with van der Waals surface area (Å²) in [4.78, 5) is 24.7. The number of benzene rings is 1. The lowest BCUT2D eigenvalue weighted by Crippen LogP contribution is -2.36. The Bertz CT molecular complexity index is 767. The first-order valence-corrected chi connectivity index (χ1v) is 9.73. The Balaban J connectivity index is 1.96. The van der Waals surface area contributed by atoms with Gasteiger partial charge in [0, 0.05) is 45.7 Å². The van der Waals surface area contributed by atoms with Crippen molar-refractivity contribution >= 4 is 28.3 Å². The first-order chi connectivity index (χ1) is 12.9. The fourth-order valence-electron chi connectivity index (χ4n) is 2.28. The highest BCUT2D eigenvalue weighted by molar-refractivity contribution is 7.13. The topological polar surface area (TPSA) is 72.9 Å². The van der Waals surface area contributed by atoms with Crippen molar-refractivity contribution in [2.75, 3.05) is 39.6 Å². The van der Waals surface area contributed by atoms with Crippen LogP contribution in [-0.2, 0) is 13.1 Å². The second kappa shape index (κ2) is 9.91. The highest BCUT2D eigenvalue weighted by Gasteiger charge is 2.07.